The molecule has 144 valence electrons. The second-order valence-electron chi connectivity index (χ2n) is 6.39. The quantitative estimate of drug-likeness (QED) is 0.848. The minimum atomic E-state index is -3.76. The Kier molecular flexibility index (Phi) is 5.48. The van der Waals surface area contributed by atoms with Crippen LogP contribution >= 0.6 is 0 Å². The van der Waals surface area contributed by atoms with E-state index in [1.807, 2.05) is 0 Å². The first-order chi connectivity index (χ1) is 12.8. The van der Waals surface area contributed by atoms with Crippen LogP contribution in [0.2, 0.25) is 0 Å². The van der Waals surface area contributed by atoms with Gasteiger partial charge in [0.05, 0.1) is 7.11 Å². The van der Waals surface area contributed by atoms with E-state index in [0.29, 0.717) is 24.3 Å². The third-order valence-corrected chi connectivity index (χ3v) is 6.48. The molecule has 6 nitrogen and oxygen atoms in total. The third-order valence-electron chi connectivity index (χ3n) is 4.56. The summed E-state index contributed by atoms with van der Waals surface area (Å²) in [6.07, 6.45) is 1.61. The molecule has 0 bridgehead atoms. The fraction of sp³-hybridized carbons (Fsp3) is 0.316. The standard InChI is InChI=1S/C19H21FN2O4S/c1-13-5-7-15(20)12-16(13)21-19(23)14-6-8-17(26-2)18(11-14)27(24,25)22-9-3-4-10-22/h5-8,11-12H,3-4,9-10H2,1-2H3,(H,21,23). The number of rotatable bonds is 5. The number of halogens is 1. The fourth-order valence-corrected chi connectivity index (χ4v) is 4.71. The Morgan fingerprint density at radius 2 is 1.85 bits per heavy atom. The van der Waals surface area contributed by atoms with Crippen LogP contribution in [0.15, 0.2) is 41.3 Å². The van der Waals surface area contributed by atoms with Gasteiger partial charge < -0.3 is 10.1 Å². The summed E-state index contributed by atoms with van der Waals surface area (Å²) in [5, 5.41) is 2.62. The number of anilines is 1. The second-order valence-corrected chi connectivity index (χ2v) is 8.30. The lowest BCUT2D eigenvalue weighted by Gasteiger charge is -2.18. The van der Waals surface area contributed by atoms with E-state index in [2.05, 4.69) is 5.32 Å². The molecule has 2 aromatic carbocycles. The number of sulfonamides is 1. The van der Waals surface area contributed by atoms with Gasteiger partial charge in [-0.1, -0.05) is 6.07 Å². The number of hydrogen-bond donors (Lipinski definition) is 1. The van der Waals surface area contributed by atoms with Gasteiger partial charge in [0.2, 0.25) is 10.0 Å². The third kappa shape index (κ3) is 3.96. The minimum absolute atomic E-state index is 0.0458. The van der Waals surface area contributed by atoms with Crippen LogP contribution in [-0.2, 0) is 10.0 Å². The highest BCUT2D eigenvalue weighted by Crippen LogP contribution is 2.30. The van der Waals surface area contributed by atoms with Gasteiger partial charge in [0, 0.05) is 24.3 Å². The Balaban J connectivity index is 1.95. The van der Waals surface area contributed by atoms with Crippen molar-refractivity contribution in [1.82, 2.24) is 4.31 Å². The number of benzene rings is 2. The molecule has 0 aliphatic carbocycles. The highest BCUT2D eigenvalue weighted by Gasteiger charge is 2.30. The molecule has 1 saturated heterocycles. The molecule has 1 aliphatic rings. The van der Waals surface area contributed by atoms with Gasteiger partial charge >= 0.3 is 0 Å². The number of methoxy groups -OCH3 is 1. The highest BCUT2D eigenvalue weighted by molar-refractivity contribution is 7.89. The number of aryl methyl sites for hydroxylation is 1. The average molecular weight is 392 g/mol. The van der Waals surface area contributed by atoms with E-state index < -0.39 is 21.7 Å². The maximum Gasteiger partial charge on any atom is 0.255 e. The molecule has 0 atom stereocenters. The lowest BCUT2D eigenvalue weighted by molar-refractivity contribution is 0.102. The zero-order valence-corrected chi connectivity index (χ0v) is 16.0. The van der Waals surface area contributed by atoms with Crippen molar-refractivity contribution in [1.29, 1.82) is 0 Å². The summed E-state index contributed by atoms with van der Waals surface area (Å²) in [4.78, 5) is 12.5. The van der Waals surface area contributed by atoms with E-state index in [4.69, 9.17) is 4.74 Å². The molecule has 27 heavy (non-hydrogen) atoms. The van der Waals surface area contributed by atoms with Crippen molar-refractivity contribution < 1.29 is 22.3 Å². The fourth-order valence-electron chi connectivity index (χ4n) is 3.01. The number of hydrogen-bond acceptors (Lipinski definition) is 4. The summed E-state index contributed by atoms with van der Waals surface area (Å²) in [5.41, 5.74) is 1.18. The van der Waals surface area contributed by atoms with E-state index in [0.717, 1.165) is 12.8 Å². The molecular weight excluding hydrogens is 371 g/mol. The number of nitrogens with zero attached hydrogens (tertiary/aromatic N) is 1. The first-order valence-electron chi connectivity index (χ1n) is 8.58. The molecule has 2 aromatic rings. The molecule has 0 aromatic heterocycles. The maximum atomic E-state index is 13.4. The Labute approximate surface area is 158 Å². The van der Waals surface area contributed by atoms with Gasteiger partial charge in [-0.15, -0.1) is 0 Å². The summed E-state index contributed by atoms with van der Waals surface area (Å²) in [5.74, 6) is -0.812. The monoisotopic (exact) mass is 392 g/mol. The van der Waals surface area contributed by atoms with Crippen molar-refractivity contribution in [3.8, 4) is 5.75 Å². The Hall–Kier alpha value is -2.45. The average Bonchev–Trinajstić information content (AvgIpc) is 3.19. The van der Waals surface area contributed by atoms with Crippen molar-refractivity contribution in [3.63, 3.8) is 0 Å². The molecule has 8 heteroatoms. The summed E-state index contributed by atoms with van der Waals surface area (Å²) < 4.78 is 45.8. The zero-order valence-electron chi connectivity index (χ0n) is 15.2. The van der Waals surface area contributed by atoms with Crippen LogP contribution in [0.3, 0.4) is 0 Å². The largest absolute Gasteiger partial charge is 0.495 e. The lowest BCUT2D eigenvalue weighted by atomic mass is 10.1. The van der Waals surface area contributed by atoms with Crippen LogP contribution in [0.4, 0.5) is 10.1 Å². The van der Waals surface area contributed by atoms with E-state index in [-0.39, 0.29) is 16.2 Å². The van der Waals surface area contributed by atoms with Crippen molar-refractivity contribution in [3.05, 3.63) is 53.3 Å². The van der Waals surface area contributed by atoms with Crippen molar-refractivity contribution in [2.45, 2.75) is 24.7 Å². The summed E-state index contributed by atoms with van der Waals surface area (Å²) >= 11 is 0. The topological polar surface area (TPSA) is 75.7 Å². The van der Waals surface area contributed by atoms with Crippen molar-refractivity contribution in [2.24, 2.45) is 0 Å². The zero-order chi connectivity index (χ0) is 19.6. The second kappa shape index (κ2) is 7.66. The first kappa shape index (κ1) is 19.3. The Bertz CT molecular complexity index is 970. The van der Waals surface area contributed by atoms with Gasteiger partial charge in [-0.25, -0.2) is 12.8 Å². The molecule has 1 fully saturated rings. The molecule has 1 aliphatic heterocycles. The van der Waals surface area contributed by atoms with Gasteiger partial charge in [-0.2, -0.15) is 4.31 Å². The molecule has 1 N–H and O–H groups in total. The Morgan fingerprint density at radius 1 is 1.15 bits per heavy atom. The predicted octanol–water partition coefficient (Wildman–Crippen LogP) is 3.18. The molecule has 0 radical (unpaired) electrons. The number of carbonyl (C=O) groups is 1. The van der Waals surface area contributed by atoms with E-state index in [1.54, 1.807) is 13.0 Å². The Morgan fingerprint density at radius 3 is 2.52 bits per heavy atom. The smallest absolute Gasteiger partial charge is 0.255 e. The number of carbonyl (C=O) groups excluding carboxylic acids is 1. The lowest BCUT2D eigenvalue weighted by Crippen LogP contribution is -2.28. The molecule has 0 spiro atoms. The SMILES string of the molecule is COc1ccc(C(=O)Nc2cc(F)ccc2C)cc1S(=O)(=O)N1CCCC1. The van der Waals surface area contributed by atoms with Crippen LogP contribution in [0.1, 0.15) is 28.8 Å². The van der Waals surface area contributed by atoms with Crippen molar-refractivity contribution in [2.75, 3.05) is 25.5 Å². The number of nitrogens with one attached hydrogen (secondary N) is 1. The van der Waals surface area contributed by atoms with Crippen LogP contribution in [0.5, 0.6) is 5.75 Å². The molecule has 3 rings (SSSR count). The van der Waals surface area contributed by atoms with Crippen LogP contribution < -0.4 is 10.1 Å². The van der Waals surface area contributed by atoms with Crippen LogP contribution in [-0.4, -0.2) is 38.8 Å². The molecule has 0 unspecified atom stereocenters. The summed E-state index contributed by atoms with van der Waals surface area (Å²) in [7, 11) is -2.37. The van der Waals surface area contributed by atoms with Crippen LogP contribution in [0, 0.1) is 12.7 Å². The maximum absolute atomic E-state index is 13.4. The van der Waals surface area contributed by atoms with Gasteiger partial charge in [-0.05, 0) is 55.7 Å². The van der Waals surface area contributed by atoms with Crippen molar-refractivity contribution >= 4 is 21.6 Å². The van der Waals surface area contributed by atoms with E-state index >= 15 is 0 Å². The summed E-state index contributed by atoms with van der Waals surface area (Å²) in [6.45, 7) is 2.64. The van der Waals surface area contributed by atoms with Crippen LogP contribution in [0.25, 0.3) is 0 Å². The minimum Gasteiger partial charge on any atom is -0.495 e. The normalized spacial score (nSPS) is 14.9. The van der Waals surface area contributed by atoms with E-state index in [9.17, 15) is 17.6 Å². The number of ether oxygens (including phenoxy) is 1. The number of amides is 1. The van der Waals surface area contributed by atoms with Gasteiger partial charge in [0.25, 0.3) is 5.91 Å². The van der Waals surface area contributed by atoms with Gasteiger partial charge in [-0.3, -0.25) is 4.79 Å². The first-order valence-corrected chi connectivity index (χ1v) is 10.0. The predicted molar refractivity (Wildman–Crippen MR) is 100 cm³/mol. The van der Waals surface area contributed by atoms with Gasteiger partial charge in [0.1, 0.15) is 16.5 Å². The molecule has 1 heterocycles. The summed E-state index contributed by atoms with van der Waals surface area (Å²) in [6, 6.07) is 8.32. The van der Waals surface area contributed by atoms with Gasteiger partial charge in [0.15, 0.2) is 0 Å². The molecule has 0 saturated carbocycles. The molecule has 1 amide bonds. The molecular formula is C19H21FN2O4S. The highest BCUT2D eigenvalue weighted by atomic mass is 32.2. The van der Waals surface area contributed by atoms with E-state index in [1.165, 1.54) is 41.7 Å².